The number of anilines is 1. The van der Waals surface area contributed by atoms with E-state index in [1.807, 2.05) is 13.8 Å². The summed E-state index contributed by atoms with van der Waals surface area (Å²) >= 11 is 0. The number of carbonyl (C=O) groups excluding carboxylic acids is 1. The number of phenols is 1. The average molecular weight is 576 g/mol. The van der Waals surface area contributed by atoms with Crippen molar-refractivity contribution in [2.45, 2.75) is 32.7 Å². The van der Waals surface area contributed by atoms with Gasteiger partial charge in [0.15, 0.2) is 17.2 Å². The van der Waals surface area contributed by atoms with Crippen molar-refractivity contribution in [1.82, 2.24) is 29.4 Å². The summed E-state index contributed by atoms with van der Waals surface area (Å²) in [6.45, 7) is 9.77. The van der Waals surface area contributed by atoms with Gasteiger partial charge in [0, 0.05) is 19.6 Å². The van der Waals surface area contributed by atoms with Crippen molar-refractivity contribution in [2.75, 3.05) is 31.1 Å². The highest BCUT2D eigenvalue weighted by Crippen LogP contribution is 2.43. The Balaban J connectivity index is 1.71. The van der Waals surface area contributed by atoms with Gasteiger partial charge in [-0.2, -0.15) is 4.98 Å². The number of rotatable bonds is 4. The normalized spacial score (nSPS) is 16.3. The van der Waals surface area contributed by atoms with Gasteiger partial charge < -0.3 is 19.6 Å². The number of amides is 1. The molecule has 0 aliphatic carbocycles. The monoisotopic (exact) mass is 575 g/mol. The molecule has 1 N–H and O–H groups in total. The predicted octanol–water partition coefficient (Wildman–Crippen LogP) is 3.25. The fraction of sp³-hybridized carbons (Fsp3) is 0.310. The molecule has 6 rings (SSSR count). The van der Waals surface area contributed by atoms with Crippen molar-refractivity contribution in [3.8, 4) is 28.4 Å². The van der Waals surface area contributed by atoms with Crippen LogP contribution in [0.15, 0.2) is 42.0 Å². The first-order valence-electron chi connectivity index (χ1n) is 13.4. The van der Waals surface area contributed by atoms with E-state index >= 15 is 8.78 Å². The van der Waals surface area contributed by atoms with Crippen LogP contribution in [0, 0.1) is 18.6 Å². The van der Waals surface area contributed by atoms with Crippen LogP contribution in [0.1, 0.15) is 31.2 Å². The molecule has 11 nitrogen and oxygen atoms in total. The quantitative estimate of drug-likeness (QED) is 0.365. The Kier molecular flexibility index (Phi) is 6.59. The Morgan fingerprint density at radius 1 is 1.21 bits per heavy atom. The first-order valence-corrected chi connectivity index (χ1v) is 13.4. The van der Waals surface area contributed by atoms with Gasteiger partial charge in [0.05, 0.1) is 28.7 Å². The molecule has 216 valence electrons. The minimum Gasteiger partial charge on any atom is -0.507 e. The lowest BCUT2D eigenvalue weighted by Gasteiger charge is -2.40. The molecule has 0 bridgehead atoms. The summed E-state index contributed by atoms with van der Waals surface area (Å²) in [6, 6.07) is 3.08. The standard InChI is InChI=1S/C29H27F2N7O4/c1-5-19(40)36-9-10-37-16(11-36)12-42-26-21-27(37)35-29(41)38(25-15(4)32-13-33-23(25)14(2)3)28(21)34-24(22(26)31)20-17(30)7-6-8-18(20)39/h5-8,13-14,16,39H,1,9-12H2,2-4H3/t16-/m1/s1. The second-order valence-electron chi connectivity index (χ2n) is 10.5. The van der Waals surface area contributed by atoms with E-state index in [1.54, 1.807) is 16.7 Å². The highest BCUT2D eigenvalue weighted by molar-refractivity contribution is 5.97. The van der Waals surface area contributed by atoms with Crippen molar-refractivity contribution < 1.29 is 23.4 Å². The van der Waals surface area contributed by atoms with Crippen LogP contribution >= 0.6 is 0 Å². The molecule has 42 heavy (non-hydrogen) atoms. The first-order chi connectivity index (χ1) is 20.1. The molecule has 13 heteroatoms. The van der Waals surface area contributed by atoms with Gasteiger partial charge in [0.25, 0.3) is 0 Å². The number of aryl methyl sites for hydroxylation is 1. The highest BCUT2D eigenvalue weighted by atomic mass is 19.1. The Morgan fingerprint density at radius 2 is 2.00 bits per heavy atom. The van der Waals surface area contributed by atoms with Gasteiger partial charge in [0.1, 0.15) is 41.4 Å². The number of aromatic nitrogens is 5. The van der Waals surface area contributed by atoms with Crippen LogP contribution in [-0.2, 0) is 4.79 Å². The fourth-order valence-corrected chi connectivity index (χ4v) is 5.61. The zero-order valence-corrected chi connectivity index (χ0v) is 23.1. The molecule has 1 amide bonds. The van der Waals surface area contributed by atoms with Crippen LogP contribution in [0.25, 0.3) is 28.0 Å². The third-order valence-corrected chi connectivity index (χ3v) is 7.60. The summed E-state index contributed by atoms with van der Waals surface area (Å²) in [5.74, 6) is -3.07. The molecular formula is C29H27F2N7O4. The number of phenolic OH excluding ortho intramolecular Hbond substituents is 1. The number of nitrogens with zero attached hydrogens (tertiary/aromatic N) is 7. The second-order valence-corrected chi connectivity index (χ2v) is 10.5. The van der Waals surface area contributed by atoms with Crippen molar-refractivity contribution >= 4 is 22.8 Å². The SMILES string of the molecule is C=CC(=O)N1CCN2c3nc(=O)n(-c4c(C)ncnc4C(C)C)c4nc(-c5c(O)cccc5F)c(F)c(c34)OC[C@H]2C1. The van der Waals surface area contributed by atoms with E-state index in [9.17, 15) is 14.7 Å². The molecule has 0 saturated carbocycles. The second kappa shape index (κ2) is 10.2. The minimum absolute atomic E-state index is 0.0656. The predicted molar refractivity (Wildman–Crippen MR) is 150 cm³/mol. The zero-order valence-electron chi connectivity index (χ0n) is 23.1. The molecule has 2 aliphatic heterocycles. The van der Waals surface area contributed by atoms with E-state index < -0.39 is 40.4 Å². The number of fused-ring (bicyclic) bond motifs is 2. The molecule has 1 fully saturated rings. The average Bonchev–Trinajstić information content (AvgIpc) is 3.12. The maximum Gasteiger partial charge on any atom is 0.355 e. The molecular weight excluding hydrogens is 548 g/mol. The lowest BCUT2D eigenvalue weighted by atomic mass is 10.1. The van der Waals surface area contributed by atoms with Gasteiger partial charge >= 0.3 is 5.69 Å². The van der Waals surface area contributed by atoms with Crippen LogP contribution in [0.3, 0.4) is 0 Å². The lowest BCUT2D eigenvalue weighted by Crippen LogP contribution is -2.56. The van der Waals surface area contributed by atoms with E-state index in [4.69, 9.17) is 4.74 Å². The topological polar surface area (TPSA) is 127 Å². The summed E-state index contributed by atoms with van der Waals surface area (Å²) in [5, 5.41) is 10.7. The number of halogens is 2. The van der Waals surface area contributed by atoms with Crippen LogP contribution in [0.4, 0.5) is 14.6 Å². The summed E-state index contributed by atoms with van der Waals surface area (Å²) < 4.78 is 38.7. The van der Waals surface area contributed by atoms with Gasteiger partial charge in [0.2, 0.25) is 5.91 Å². The number of ether oxygens (including phenoxy) is 1. The number of hydrogen-bond donors (Lipinski definition) is 1. The maximum atomic E-state index is 16.4. The molecule has 0 spiro atoms. The van der Waals surface area contributed by atoms with Crippen LogP contribution in [-0.4, -0.2) is 72.7 Å². The molecule has 3 aromatic heterocycles. The number of aromatic hydroxyl groups is 1. The Labute approximate surface area is 238 Å². The largest absolute Gasteiger partial charge is 0.507 e. The summed E-state index contributed by atoms with van der Waals surface area (Å²) in [7, 11) is 0. The molecule has 1 saturated heterocycles. The van der Waals surface area contributed by atoms with Crippen molar-refractivity contribution in [1.29, 1.82) is 0 Å². The van der Waals surface area contributed by atoms with Gasteiger partial charge in [-0.05, 0) is 31.1 Å². The third kappa shape index (κ3) is 4.14. The van der Waals surface area contributed by atoms with Gasteiger partial charge in [-0.15, -0.1) is 0 Å². The maximum absolute atomic E-state index is 16.4. The first kappa shape index (κ1) is 27.2. The summed E-state index contributed by atoms with van der Waals surface area (Å²) in [6.07, 6.45) is 2.60. The molecule has 0 radical (unpaired) electrons. The van der Waals surface area contributed by atoms with Gasteiger partial charge in [-0.3, -0.25) is 4.79 Å². The van der Waals surface area contributed by atoms with Crippen molar-refractivity contribution in [3.05, 3.63) is 70.7 Å². The van der Waals surface area contributed by atoms with Crippen LogP contribution < -0.4 is 15.3 Å². The number of benzene rings is 1. The lowest BCUT2D eigenvalue weighted by molar-refractivity contribution is -0.126. The van der Waals surface area contributed by atoms with E-state index in [2.05, 4.69) is 26.5 Å². The van der Waals surface area contributed by atoms with E-state index in [-0.39, 0.29) is 54.1 Å². The van der Waals surface area contributed by atoms with Crippen LogP contribution in [0.5, 0.6) is 11.5 Å². The van der Waals surface area contributed by atoms with Gasteiger partial charge in [-0.1, -0.05) is 26.5 Å². The van der Waals surface area contributed by atoms with E-state index in [1.165, 1.54) is 29.1 Å². The van der Waals surface area contributed by atoms with Crippen molar-refractivity contribution in [2.24, 2.45) is 0 Å². The zero-order chi connectivity index (χ0) is 29.9. The minimum atomic E-state index is -1.03. The molecule has 1 atom stereocenters. The molecule has 4 aromatic rings. The van der Waals surface area contributed by atoms with E-state index in [0.29, 0.717) is 23.6 Å². The summed E-state index contributed by atoms with van der Waals surface area (Å²) in [5.41, 5.74) is -0.548. The fourth-order valence-electron chi connectivity index (χ4n) is 5.61. The Hall–Kier alpha value is -4.94. The smallest absolute Gasteiger partial charge is 0.355 e. The summed E-state index contributed by atoms with van der Waals surface area (Å²) in [4.78, 5) is 47.3. The number of pyridine rings is 1. The Morgan fingerprint density at radius 3 is 2.71 bits per heavy atom. The number of piperazine rings is 1. The molecule has 1 aromatic carbocycles. The third-order valence-electron chi connectivity index (χ3n) is 7.60. The van der Waals surface area contributed by atoms with Crippen molar-refractivity contribution in [3.63, 3.8) is 0 Å². The van der Waals surface area contributed by atoms with Crippen LogP contribution in [0.2, 0.25) is 0 Å². The Bertz CT molecular complexity index is 1820. The number of carbonyl (C=O) groups is 1. The molecule has 0 unspecified atom stereocenters. The number of hydrogen-bond acceptors (Lipinski definition) is 9. The molecule has 5 heterocycles. The van der Waals surface area contributed by atoms with E-state index in [0.717, 1.165) is 6.07 Å². The molecule has 2 aliphatic rings. The highest BCUT2D eigenvalue weighted by Gasteiger charge is 2.38. The van der Waals surface area contributed by atoms with Gasteiger partial charge in [-0.25, -0.2) is 33.1 Å².